The third-order valence-corrected chi connectivity index (χ3v) is 4.48. The zero-order chi connectivity index (χ0) is 15.5. The molecule has 1 amide bonds. The third-order valence-electron chi connectivity index (χ3n) is 3.71. The van der Waals surface area contributed by atoms with E-state index in [-0.39, 0.29) is 12.0 Å². The predicted octanol–water partition coefficient (Wildman–Crippen LogP) is 2.56. The number of aryl methyl sites for hydroxylation is 1. The summed E-state index contributed by atoms with van der Waals surface area (Å²) in [7, 11) is 0. The molecule has 1 fully saturated rings. The van der Waals surface area contributed by atoms with Crippen molar-refractivity contribution in [2.24, 2.45) is 5.73 Å². The Labute approximate surface area is 133 Å². The lowest BCUT2D eigenvalue weighted by atomic mass is 10.1. The molecular weight excluding hydrogens is 298 g/mol. The highest BCUT2D eigenvalue weighted by atomic mass is 32.1. The quantitative estimate of drug-likeness (QED) is 0.908. The third kappa shape index (κ3) is 3.35. The Hall–Kier alpha value is -1.76. The molecule has 0 unspecified atom stereocenters. The van der Waals surface area contributed by atoms with Crippen LogP contribution in [0.3, 0.4) is 0 Å². The molecule has 0 bridgehead atoms. The van der Waals surface area contributed by atoms with Crippen molar-refractivity contribution in [2.45, 2.75) is 32.0 Å². The molecule has 0 spiro atoms. The molecule has 2 atom stereocenters. The van der Waals surface area contributed by atoms with Crippen molar-refractivity contribution in [3.8, 4) is 11.3 Å². The molecule has 6 heteroatoms. The number of nitrogens with two attached hydrogens (primary N) is 1. The second kappa shape index (κ2) is 6.56. The lowest BCUT2D eigenvalue weighted by Crippen LogP contribution is -2.29. The summed E-state index contributed by atoms with van der Waals surface area (Å²) in [5.41, 5.74) is 8.25. The number of ether oxygens (including phenoxy) is 1. The number of aromatic nitrogens is 1. The minimum Gasteiger partial charge on any atom is -0.364 e. The van der Waals surface area contributed by atoms with Crippen LogP contribution in [0.25, 0.3) is 11.3 Å². The molecular formula is C16H19N3O2S. The highest BCUT2D eigenvalue weighted by Crippen LogP contribution is 2.25. The number of benzene rings is 1. The SMILES string of the molecule is Cc1nc(-c2cccc(NC(=O)[C@@H]3CC[C@H](CN)O3)c2)cs1. The van der Waals surface area contributed by atoms with Gasteiger partial charge in [-0.25, -0.2) is 4.98 Å². The standard InChI is InChI=1S/C16H19N3O2S/c1-10-18-14(9-22-10)11-3-2-4-12(7-11)19-16(20)15-6-5-13(8-17)21-15/h2-4,7,9,13,15H,5-6,8,17H2,1H3,(H,19,20)/t13-,15+/m1/s1. The maximum atomic E-state index is 12.2. The summed E-state index contributed by atoms with van der Waals surface area (Å²) in [5, 5.41) is 5.96. The van der Waals surface area contributed by atoms with E-state index >= 15 is 0 Å². The van der Waals surface area contributed by atoms with Gasteiger partial charge < -0.3 is 15.8 Å². The Morgan fingerprint density at radius 3 is 3.05 bits per heavy atom. The van der Waals surface area contributed by atoms with Crippen LogP contribution in [0.15, 0.2) is 29.6 Å². The fourth-order valence-electron chi connectivity index (χ4n) is 2.55. The zero-order valence-electron chi connectivity index (χ0n) is 12.4. The maximum Gasteiger partial charge on any atom is 0.253 e. The molecule has 0 saturated carbocycles. The van der Waals surface area contributed by atoms with Gasteiger partial charge in [0.05, 0.1) is 16.8 Å². The van der Waals surface area contributed by atoms with Crippen LogP contribution >= 0.6 is 11.3 Å². The summed E-state index contributed by atoms with van der Waals surface area (Å²) in [6, 6.07) is 7.70. The minimum absolute atomic E-state index is 0.0000610. The van der Waals surface area contributed by atoms with Crippen LogP contribution in [0.2, 0.25) is 0 Å². The van der Waals surface area contributed by atoms with Gasteiger partial charge in [0.1, 0.15) is 6.10 Å². The molecule has 5 nitrogen and oxygen atoms in total. The number of rotatable bonds is 4. The predicted molar refractivity (Wildman–Crippen MR) is 87.9 cm³/mol. The Kier molecular flexibility index (Phi) is 4.52. The Morgan fingerprint density at radius 1 is 1.50 bits per heavy atom. The Morgan fingerprint density at radius 2 is 2.36 bits per heavy atom. The first-order valence-electron chi connectivity index (χ1n) is 7.34. The lowest BCUT2D eigenvalue weighted by Gasteiger charge is -2.13. The first-order valence-corrected chi connectivity index (χ1v) is 8.22. The molecule has 1 aromatic carbocycles. The number of carbonyl (C=O) groups excluding carboxylic acids is 1. The summed E-state index contributed by atoms with van der Waals surface area (Å²) >= 11 is 1.61. The van der Waals surface area contributed by atoms with Gasteiger partial charge in [0.2, 0.25) is 0 Å². The summed E-state index contributed by atoms with van der Waals surface area (Å²) < 4.78 is 5.62. The first kappa shape index (κ1) is 15.1. The van der Waals surface area contributed by atoms with E-state index in [2.05, 4.69) is 10.3 Å². The van der Waals surface area contributed by atoms with Crippen LogP contribution in [-0.4, -0.2) is 29.6 Å². The molecule has 1 aliphatic heterocycles. The van der Waals surface area contributed by atoms with Crippen molar-refractivity contribution in [3.63, 3.8) is 0 Å². The van der Waals surface area contributed by atoms with Gasteiger partial charge in [-0.1, -0.05) is 12.1 Å². The van der Waals surface area contributed by atoms with Gasteiger partial charge in [-0.2, -0.15) is 0 Å². The van der Waals surface area contributed by atoms with E-state index in [0.29, 0.717) is 6.54 Å². The Balaban J connectivity index is 1.69. The number of nitrogens with one attached hydrogen (secondary N) is 1. The van der Waals surface area contributed by atoms with Gasteiger partial charge in [-0.3, -0.25) is 4.79 Å². The molecule has 1 saturated heterocycles. The second-order valence-electron chi connectivity index (χ2n) is 5.38. The molecule has 3 N–H and O–H groups in total. The van der Waals surface area contributed by atoms with Crippen LogP contribution in [0, 0.1) is 6.92 Å². The van der Waals surface area contributed by atoms with Crippen molar-refractivity contribution in [2.75, 3.05) is 11.9 Å². The van der Waals surface area contributed by atoms with Gasteiger partial charge in [0, 0.05) is 23.2 Å². The maximum absolute atomic E-state index is 12.2. The molecule has 0 aliphatic carbocycles. The number of carbonyl (C=O) groups is 1. The van der Waals surface area contributed by atoms with Crippen molar-refractivity contribution in [1.82, 2.24) is 4.98 Å². The van der Waals surface area contributed by atoms with Gasteiger partial charge in [-0.05, 0) is 31.9 Å². The smallest absolute Gasteiger partial charge is 0.253 e. The molecule has 1 aliphatic rings. The number of amides is 1. The molecule has 2 aromatic rings. The number of nitrogens with zero attached hydrogens (tertiary/aromatic N) is 1. The number of hydrogen-bond donors (Lipinski definition) is 2. The van der Waals surface area contributed by atoms with Crippen LogP contribution in [0.1, 0.15) is 17.8 Å². The minimum atomic E-state index is -0.404. The summed E-state index contributed by atoms with van der Waals surface area (Å²) in [6.07, 6.45) is 1.16. The van der Waals surface area contributed by atoms with Gasteiger partial charge in [0.15, 0.2) is 0 Å². The first-order chi connectivity index (χ1) is 10.7. The molecule has 22 heavy (non-hydrogen) atoms. The van der Waals surface area contributed by atoms with Gasteiger partial charge in [0.25, 0.3) is 5.91 Å². The molecule has 1 aromatic heterocycles. The average molecular weight is 317 g/mol. The van der Waals surface area contributed by atoms with Crippen LogP contribution in [0.5, 0.6) is 0 Å². The summed E-state index contributed by atoms with van der Waals surface area (Å²) in [5.74, 6) is -0.109. The summed E-state index contributed by atoms with van der Waals surface area (Å²) in [6.45, 7) is 2.44. The van der Waals surface area contributed by atoms with Crippen LogP contribution < -0.4 is 11.1 Å². The largest absolute Gasteiger partial charge is 0.364 e. The van der Waals surface area contributed by atoms with E-state index in [9.17, 15) is 4.79 Å². The van der Waals surface area contributed by atoms with Crippen LogP contribution in [0.4, 0.5) is 5.69 Å². The van der Waals surface area contributed by atoms with Crippen LogP contribution in [-0.2, 0) is 9.53 Å². The lowest BCUT2D eigenvalue weighted by molar-refractivity contribution is -0.126. The van der Waals surface area contributed by atoms with Gasteiger partial charge in [-0.15, -0.1) is 11.3 Å². The van der Waals surface area contributed by atoms with Crippen molar-refractivity contribution in [1.29, 1.82) is 0 Å². The molecule has 116 valence electrons. The van der Waals surface area contributed by atoms with E-state index < -0.39 is 6.10 Å². The van der Waals surface area contributed by atoms with E-state index in [1.807, 2.05) is 36.6 Å². The monoisotopic (exact) mass is 317 g/mol. The molecule has 2 heterocycles. The topological polar surface area (TPSA) is 77.2 Å². The fraction of sp³-hybridized carbons (Fsp3) is 0.375. The normalized spacial score (nSPS) is 21.0. The average Bonchev–Trinajstić information content (AvgIpc) is 3.16. The summed E-state index contributed by atoms with van der Waals surface area (Å²) in [4.78, 5) is 16.7. The zero-order valence-corrected chi connectivity index (χ0v) is 13.2. The fourth-order valence-corrected chi connectivity index (χ4v) is 3.17. The van der Waals surface area contributed by atoms with Crippen molar-refractivity contribution < 1.29 is 9.53 Å². The Bertz CT molecular complexity index is 671. The number of hydrogen-bond acceptors (Lipinski definition) is 5. The molecule has 3 rings (SSSR count). The van der Waals surface area contributed by atoms with E-state index in [1.54, 1.807) is 11.3 Å². The highest BCUT2D eigenvalue weighted by molar-refractivity contribution is 7.09. The van der Waals surface area contributed by atoms with E-state index in [0.717, 1.165) is 34.8 Å². The van der Waals surface area contributed by atoms with Crippen molar-refractivity contribution in [3.05, 3.63) is 34.7 Å². The number of anilines is 1. The van der Waals surface area contributed by atoms with Gasteiger partial charge >= 0.3 is 0 Å². The highest BCUT2D eigenvalue weighted by Gasteiger charge is 2.29. The van der Waals surface area contributed by atoms with Crippen molar-refractivity contribution >= 4 is 22.9 Å². The molecule has 0 radical (unpaired) electrons. The van der Waals surface area contributed by atoms with E-state index in [1.165, 1.54) is 0 Å². The second-order valence-corrected chi connectivity index (χ2v) is 6.44. The number of thiazole rings is 1. The van der Waals surface area contributed by atoms with E-state index in [4.69, 9.17) is 10.5 Å².